The normalized spacial score (nSPS) is 13.0. The Kier molecular flexibility index (Phi) is 3.99. The van der Waals surface area contributed by atoms with Gasteiger partial charge in [-0.25, -0.2) is 4.39 Å². The maximum absolute atomic E-state index is 13.7. The van der Waals surface area contributed by atoms with Gasteiger partial charge in [0.15, 0.2) is 11.4 Å². The molecule has 3 aromatic rings. The van der Waals surface area contributed by atoms with Crippen molar-refractivity contribution < 1.29 is 8.81 Å². The summed E-state index contributed by atoms with van der Waals surface area (Å²) in [5.41, 5.74) is 0.303. The van der Waals surface area contributed by atoms with E-state index in [1.54, 1.807) is 17.4 Å². The average Bonchev–Trinajstić information content (AvgIpc) is 2.97. The Morgan fingerprint density at radius 2 is 2.10 bits per heavy atom. The zero-order chi connectivity index (χ0) is 14.3. The van der Waals surface area contributed by atoms with Crippen LogP contribution in [0.2, 0.25) is 0 Å². The molecule has 0 bridgehead atoms. The number of halogens is 3. The third kappa shape index (κ3) is 2.45. The van der Waals surface area contributed by atoms with E-state index >= 15 is 0 Å². The summed E-state index contributed by atoms with van der Waals surface area (Å²) in [6, 6.07) is 8.74. The highest BCUT2D eigenvalue weighted by Gasteiger charge is 2.21. The molecule has 2 nitrogen and oxygen atoms in total. The largest absolute Gasteiger partial charge is 0.456 e. The highest BCUT2D eigenvalue weighted by Crippen LogP contribution is 2.38. The molecule has 20 heavy (non-hydrogen) atoms. The van der Waals surface area contributed by atoms with Gasteiger partial charge in [0.05, 0.1) is 3.79 Å². The van der Waals surface area contributed by atoms with Crippen LogP contribution in [0.3, 0.4) is 0 Å². The van der Waals surface area contributed by atoms with Crippen molar-refractivity contribution in [3.63, 3.8) is 0 Å². The molecular formula is C14H10Br2FNOS. The highest BCUT2D eigenvalue weighted by molar-refractivity contribution is 9.13. The van der Waals surface area contributed by atoms with Crippen LogP contribution in [0.15, 0.2) is 43.0 Å². The quantitative estimate of drug-likeness (QED) is 0.610. The smallest absolute Gasteiger partial charge is 0.169 e. The number of benzene rings is 1. The molecule has 1 unspecified atom stereocenters. The van der Waals surface area contributed by atoms with Gasteiger partial charge in [0, 0.05) is 14.7 Å². The molecule has 2 aromatic heterocycles. The van der Waals surface area contributed by atoms with Crippen molar-refractivity contribution in [3.05, 3.63) is 55.0 Å². The van der Waals surface area contributed by atoms with E-state index in [1.165, 1.54) is 6.07 Å². The lowest BCUT2D eigenvalue weighted by Crippen LogP contribution is -2.15. The Balaban J connectivity index is 2.09. The van der Waals surface area contributed by atoms with Gasteiger partial charge in [-0.05, 0) is 57.1 Å². The standard InChI is InChI=1S/C14H10Br2FNOS/c1-18-12(11-6-8(15)14(16)20-11)10-5-7-3-2-4-9(17)13(7)19-10/h2-6,12,18H,1H3. The highest BCUT2D eigenvalue weighted by atomic mass is 79.9. The summed E-state index contributed by atoms with van der Waals surface area (Å²) < 4.78 is 21.4. The second-order valence-electron chi connectivity index (χ2n) is 4.30. The van der Waals surface area contributed by atoms with E-state index in [2.05, 4.69) is 37.2 Å². The van der Waals surface area contributed by atoms with Crippen LogP contribution in [0.4, 0.5) is 4.39 Å². The monoisotopic (exact) mass is 417 g/mol. The summed E-state index contributed by atoms with van der Waals surface area (Å²) >= 11 is 8.57. The van der Waals surface area contributed by atoms with E-state index in [1.807, 2.05) is 25.2 Å². The topological polar surface area (TPSA) is 25.2 Å². The van der Waals surface area contributed by atoms with Crippen molar-refractivity contribution in [1.29, 1.82) is 0 Å². The minimum atomic E-state index is -0.336. The molecule has 1 aromatic carbocycles. The summed E-state index contributed by atoms with van der Waals surface area (Å²) in [7, 11) is 1.86. The zero-order valence-electron chi connectivity index (χ0n) is 10.4. The Morgan fingerprint density at radius 3 is 2.70 bits per heavy atom. The number of nitrogens with one attached hydrogen (secondary N) is 1. The fraction of sp³-hybridized carbons (Fsp3) is 0.143. The molecule has 1 N–H and O–H groups in total. The van der Waals surface area contributed by atoms with Crippen molar-refractivity contribution in [1.82, 2.24) is 5.32 Å². The predicted octanol–water partition coefficient (Wildman–Crippen LogP) is 5.47. The van der Waals surface area contributed by atoms with Crippen LogP contribution in [-0.4, -0.2) is 7.05 Å². The van der Waals surface area contributed by atoms with E-state index in [0.717, 1.165) is 18.5 Å². The van der Waals surface area contributed by atoms with E-state index < -0.39 is 0 Å². The molecule has 0 radical (unpaired) electrons. The van der Waals surface area contributed by atoms with Gasteiger partial charge in [-0.15, -0.1) is 11.3 Å². The predicted molar refractivity (Wildman–Crippen MR) is 86.8 cm³/mol. The molecule has 0 saturated carbocycles. The van der Waals surface area contributed by atoms with Crippen LogP contribution in [0, 0.1) is 5.82 Å². The number of fused-ring (bicyclic) bond motifs is 1. The maximum Gasteiger partial charge on any atom is 0.169 e. The van der Waals surface area contributed by atoms with Crippen LogP contribution in [0.25, 0.3) is 11.0 Å². The zero-order valence-corrected chi connectivity index (χ0v) is 14.4. The van der Waals surface area contributed by atoms with Gasteiger partial charge in [0.25, 0.3) is 0 Å². The van der Waals surface area contributed by atoms with Crippen molar-refractivity contribution in [2.75, 3.05) is 7.05 Å². The Morgan fingerprint density at radius 1 is 1.30 bits per heavy atom. The Bertz CT molecular complexity index is 748. The Hall–Kier alpha value is -0.690. The van der Waals surface area contributed by atoms with Crippen LogP contribution in [-0.2, 0) is 0 Å². The van der Waals surface area contributed by atoms with Crippen LogP contribution in [0.1, 0.15) is 16.7 Å². The van der Waals surface area contributed by atoms with Gasteiger partial charge in [0.1, 0.15) is 11.8 Å². The van der Waals surface area contributed by atoms with Crippen molar-refractivity contribution >= 4 is 54.2 Å². The third-order valence-electron chi connectivity index (χ3n) is 3.04. The Labute approximate surface area is 136 Å². The maximum atomic E-state index is 13.7. The fourth-order valence-electron chi connectivity index (χ4n) is 2.12. The fourth-order valence-corrected chi connectivity index (χ4v) is 4.33. The molecule has 2 heterocycles. The molecule has 0 amide bonds. The minimum absolute atomic E-state index is 0.102. The van der Waals surface area contributed by atoms with Gasteiger partial charge in [-0.1, -0.05) is 12.1 Å². The summed E-state index contributed by atoms with van der Waals surface area (Å²) in [6.07, 6.45) is 0. The van der Waals surface area contributed by atoms with Gasteiger partial charge < -0.3 is 9.73 Å². The molecule has 1 atom stereocenters. The number of rotatable bonds is 3. The van der Waals surface area contributed by atoms with Crippen molar-refractivity contribution in [3.8, 4) is 0 Å². The van der Waals surface area contributed by atoms with E-state index in [0.29, 0.717) is 11.3 Å². The molecule has 6 heteroatoms. The lowest BCUT2D eigenvalue weighted by Gasteiger charge is -2.10. The number of hydrogen-bond acceptors (Lipinski definition) is 3. The SMILES string of the molecule is CNC(c1cc2cccc(F)c2o1)c1cc(Br)c(Br)s1. The van der Waals surface area contributed by atoms with Crippen molar-refractivity contribution in [2.45, 2.75) is 6.04 Å². The molecule has 0 fully saturated rings. The number of furan rings is 1. The molecule has 3 rings (SSSR count). The first kappa shape index (κ1) is 14.3. The average molecular weight is 419 g/mol. The number of thiophene rings is 1. The van der Waals surface area contributed by atoms with Crippen LogP contribution < -0.4 is 5.32 Å². The summed E-state index contributed by atoms with van der Waals surface area (Å²) in [5.74, 6) is 0.367. The first-order chi connectivity index (χ1) is 9.60. The van der Waals surface area contributed by atoms with Crippen LogP contribution in [0.5, 0.6) is 0 Å². The minimum Gasteiger partial charge on any atom is -0.456 e. The molecular weight excluding hydrogens is 409 g/mol. The first-order valence-corrected chi connectivity index (χ1v) is 8.30. The lowest BCUT2D eigenvalue weighted by atomic mass is 10.1. The second-order valence-corrected chi connectivity index (χ2v) is 7.56. The first-order valence-electron chi connectivity index (χ1n) is 5.90. The molecule has 0 spiro atoms. The lowest BCUT2D eigenvalue weighted by molar-refractivity contribution is 0.479. The van der Waals surface area contributed by atoms with Gasteiger partial charge in [-0.3, -0.25) is 0 Å². The third-order valence-corrected chi connectivity index (χ3v) is 6.36. The number of hydrogen-bond donors (Lipinski definition) is 1. The summed E-state index contributed by atoms with van der Waals surface area (Å²) in [4.78, 5) is 1.09. The van der Waals surface area contributed by atoms with Gasteiger partial charge >= 0.3 is 0 Å². The summed E-state index contributed by atoms with van der Waals surface area (Å²) in [5, 5.41) is 3.98. The van der Waals surface area contributed by atoms with E-state index in [9.17, 15) is 4.39 Å². The molecule has 0 aliphatic rings. The van der Waals surface area contributed by atoms with E-state index in [-0.39, 0.29) is 11.9 Å². The van der Waals surface area contributed by atoms with Crippen LogP contribution >= 0.6 is 43.2 Å². The summed E-state index contributed by atoms with van der Waals surface area (Å²) in [6.45, 7) is 0. The van der Waals surface area contributed by atoms with E-state index in [4.69, 9.17) is 4.42 Å². The second kappa shape index (κ2) is 5.60. The van der Waals surface area contributed by atoms with Gasteiger partial charge in [-0.2, -0.15) is 0 Å². The molecule has 0 aliphatic carbocycles. The molecule has 0 saturated heterocycles. The van der Waals surface area contributed by atoms with Crippen molar-refractivity contribution in [2.24, 2.45) is 0 Å². The molecule has 0 aliphatic heterocycles. The molecule has 104 valence electrons. The van der Waals surface area contributed by atoms with Gasteiger partial charge in [0.2, 0.25) is 0 Å². The number of para-hydroxylation sites is 1.